The number of fused-ring (bicyclic) bond motifs is 2. The highest BCUT2D eigenvalue weighted by atomic mass is 19.1. The van der Waals surface area contributed by atoms with Crippen molar-refractivity contribution in [1.82, 2.24) is 34.4 Å². The molecule has 0 radical (unpaired) electrons. The molecule has 11 nitrogen and oxygen atoms in total. The molecule has 1 aliphatic heterocycles. The average molecular weight is 597 g/mol. The number of piperidine rings is 1. The first kappa shape index (κ1) is 27.9. The Labute approximate surface area is 253 Å². The highest BCUT2D eigenvalue weighted by molar-refractivity contribution is 5.87. The minimum absolute atomic E-state index is 0.168. The molecule has 44 heavy (non-hydrogen) atoms. The molecule has 2 aliphatic rings. The van der Waals surface area contributed by atoms with Crippen molar-refractivity contribution in [2.75, 3.05) is 11.9 Å². The summed E-state index contributed by atoms with van der Waals surface area (Å²) in [5.41, 5.74) is 2.63. The molecule has 1 N–H and O–H groups in total. The number of pyridine rings is 2. The molecule has 5 heterocycles. The second-order valence-electron chi connectivity index (χ2n) is 12.6. The molecule has 1 atom stereocenters. The second kappa shape index (κ2) is 10.4. The molecular formula is C32H33FN8O3. The predicted octanol–water partition coefficient (Wildman–Crippen LogP) is 6.70. The summed E-state index contributed by atoms with van der Waals surface area (Å²) in [6, 6.07) is 10.7. The summed E-state index contributed by atoms with van der Waals surface area (Å²) < 4.78 is 28.9. The van der Waals surface area contributed by atoms with Crippen LogP contribution in [0.15, 0.2) is 55.2 Å². The maximum atomic E-state index is 15.6. The molecular weight excluding hydrogens is 563 g/mol. The number of anilines is 2. The highest BCUT2D eigenvalue weighted by Gasteiger charge is 2.54. The zero-order chi connectivity index (χ0) is 30.6. The van der Waals surface area contributed by atoms with Gasteiger partial charge in [0.05, 0.1) is 11.2 Å². The molecule has 226 valence electrons. The van der Waals surface area contributed by atoms with E-state index in [0.29, 0.717) is 46.1 Å². The molecule has 1 saturated carbocycles. The molecule has 0 unspecified atom stereocenters. The molecule has 0 bridgehead atoms. The maximum absolute atomic E-state index is 15.6. The van der Waals surface area contributed by atoms with Gasteiger partial charge in [0.25, 0.3) is 0 Å². The number of likely N-dealkylation sites (tertiary alicyclic amines) is 1. The standard InChI is InChI=1S/C32H33FN8O3/c1-19-25(43-21-10-14-41-26(15-21)35-18-37-41)8-7-23(27(19)33)39-29-28-24(34-17-36-29)6-5-22(38-28)20-9-13-40(32(16-20)11-12-32)30(42)44-31(2,3)4/h5-8,10,14-15,17-18,20H,9,11-13,16H2,1-4H3,(H,34,36,39)/t20-/m0/s1. The number of rotatable bonds is 5. The van der Waals surface area contributed by atoms with Gasteiger partial charge in [0.2, 0.25) is 0 Å². The van der Waals surface area contributed by atoms with Crippen LogP contribution in [0, 0.1) is 12.7 Å². The van der Waals surface area contributed by atoms with Crippen molar-refractivity contribution in [2.24, 2.45) is 0 Å². The highest BCUT2D eigenvalue weighted by Crippen LogP contribution is 2.52. The number of amides is 1. The van der Waals surface area contributed by atoms with Gasteiger partial charge in [-0.15, -0.1) is 0 Å². The van der Waals surface area contributed by atoms with Crippen molar-refractivity contribution in [1.29, 1.82) is 0 Å². The fourth-order valence-corrected chi connectivity index (χ4v) is 5.93. The first-order valence-electron chi connectivity index (χ1n) is 14.7. The Morgan fingerprint density at radius 3 is 2.73 bits per heavy atom. The van der Waals surface area contributed by atoms with Crippen LogP contribution in [0.4, 0.5) is 20.7 Å². The van der Waals surface area contributed by atoms with E-state index in [1.807, 2.05) is 37.8 Å². The van der Waals surface area contributed by atoms with Crippen LogP contribution < -0.4 is 10.1 Å². The molecule has 5 aromatic rings. The molecule has 1 spiro atoms. The van der Waals surface area contributed by atoms with Gasteiger partial charge in [-0.25, -0.2) is 33.6 Å². The SMILES string of the molecule is Cc1c(Oc2ccn3ncnc3c2)ccc(Nc2ncnc3ccc([C@H]4CCN(C(=O)OC(C)(C)C)C5(CC5)C4)nc23)c1F. The van der Waals surface area contributed by atoms with Crippen molar-refractivity contribution in [3.63, 3.8) is 0 Å². The Morgan fingerprint density at radius 2 is 1.93 bits per heavy atom. The van der Waals surface area contributed by atoms with Gasteiger partial charge in [-0.3, -0.25) is 0 Å². The van der Waals surface area contributed by atoms with E-state index in [4.69, 9.17) is 14.5 Å². The van der Waals surface area contributed by atoms with E-state index < -0.39 is 11.4 Å². The van der Waals surface area contributed by atoms with Gasteiger partial charge < -0.3 is 19.7 Å². The topological polar surface area (TPSA) is 120 Å². The quantitative estimate of drug-likeness (QED) is 0.236. The van der Waals surface area contributed by atoms with Gasteiger partial charge in [0, 0.05) is 41.5 Å². The van der Waals surface area contributed by atoms with Crippen LogP contribution in [0.2, 0.25) is 0 Å². The number of benzene rings is 1. The number of nitrogens with zero attached hydrogens (tertiary/aromatic N) is 7. The summed E-state index contributed by atoms with van der Waals surface area (Å²) >= 11 is 0. The Bertz CT molecular complexity index is 1900. The van der Waals surface area contributed by atoms with E-state index in [-0.39, 0.29) is 23.2 Å². The van der Waals surface area contributed by atoms with Gasteiger partial charge in [0.1, 0.15) is 35.3 Å². The van der Waals surface area contributed by atoms with Crippen LogP contribution in [0.5, 0.6) is 11.5 Å². The summed E-state index contributed by atoms with van der Waals surface area (Å²) in [6.45, 7) is 7.95. The predicted molar refractivity (Wildman–Crippen MR) is 162 cm³/mol. The van der Waals surface area contributed by atoms with Crippen LogP contribution in [0.1, 0.15) is 63.6 Å². The Balaban J connectivity index is 1.12. The van der Waals surface area contributed by atoms with Gasteiger partial charge in [-0.1, -0.05) is 0 Å². The number of carbonyl (C=O) groups excluding carboxylic acids is 1. The molecule has 7 rings (SSSR count). The maximum Gasteiger partial charge on any atom is 0.410 e. The lowest BCUT2D eigenvalue weighted by atomic mass is 9.86. The Kier molecular flexibility index (Phi) is 6.60. The molecule has 12 heteroatoms. The van der Waals surface area contributed by atoms with Crippen LogP contribution in [-0.4, -0.2) is 58.2 Å². The van der Waals surface area contributed by atoms with E-state index in [1.165, 1.54) is 12.7 Å². The second-order valence-corrected chi connectivity index (χ2v) is 12.6. The average Bonchev–Trinajstić information content (AvgIpc) is 3.58. The van der Waals surface area contributed by atoms with Crippen molar-refractivity contribution in [3.05, 3.63) is 72.3 Å². The summed E-state index contributed by atoms with van der Waals surface area (Å²) in [5, 5.41) is 7.21. The number of halogens is 1. The molecule has 2 fully saturated rings. The zero-order valence-electron chi connectivity index (χ0n) is 25.0. The van der Waals surface area contributed by atoms with Gasteiger partial charge in [-0.05, 0) is 83.7 Å². The number of nitrogens with one attached hydrogen (secondary N) is 1. The minimum Gasteiger partial charge on any atom is -0.457 e. The van der Waals surface area contributed by atoms with E-state index in [9.17, 15) is 4.79 Å². The fraction of sp³-hybridized carbons (Fsp3) is 0.375. The third kappa shape index (κ3) is 5.24. The molecule has 1 saturated heterocycles. The van der Waals surface area contributed by atoms with E-state index >= 15 is 4.39 Å². The van der Waals surface area contributed by atoms with Crippen LogP contribution in [0.25, 0.3) is 16.7 Å². The lowest BCUT2D eigenvalue weighted by Gasteiger charge is -2.40. The number of aromatic nitrogens is 6. The van der Waals surface area contributed by atoms with Gasteiger partial charge >= 0.3 is 6.09 Å². The lowest BCUT2D eigenvalue weighted by Crippen LogP contribution is -2.49. The van der Waals surface area contributed by atoms with Crippen molar-refractivity contribution >= 4 is 34.3 Å². The Morgan fingerprint density at radius 1 is 1.09 bits per heavy atom. The molecule has 4 aromatic heterocycles. The zero-order valence-corrected chi connectivity index (χ0v) is 25.0. The minimum atomic E-state index is -0.536. The van der Waals surface area contributed by atoms with E-state index in [0.717, 1.165) is 31.4 Å². The van der Waals surface area contributed by atoms with Crippen molar-refractivity contribution < 1.29 is 18.7 Å². The largest absolute Gasteiger partial charge is 0.457 e. The smallest absolute Gasteiger partial charge is 0.410 e. The number of hydrogen-bond donors (Lipinski definition) is 1. The van der Waals surface area contributed by atoms with Crippen LogP contribution in [0.3, 0.4) is 0 Å². The lowest BCUT2D eigenvalue weighted by molar-refractivity contribution is 0.00357. The molecule has 1 aliphatic carbocycles. The third-order valence-electron chi connectivity index (χ3n) is 8.33. The normalized spacial score (nSPS) is 17.7. The summed E-state index contributed by atoms with van der Waals surface area (Å²) in [6.07, 6.45) is 7.89. The number of ether oxygens (including phenoxy) is 2. The van der Waals surface area contributed by atoms with Crippen molar-refractivity contribution in [3.8, 4) is 11.5 Å². The van der Waals surface area contributed by atoms with E-state index in [1.54, 1.807) is 41.9 Å². The first-order valence-corrected chi connectivity index (χ1v) is 14.7. The van der Waals surface area contributed by atoms with Crippen molar-refractivity contribution in [2.45, 2.75) is 70.4 Å². The van der Waals surface area contributed by atoms with Gasteiger partial charge in [-0.2, -0.15) is 5.10 Å². The number of hydrogen-bond acceptors (Lipinski definition) is 9. The first-order chi connectivity index (χ1) is 21.1. The van der Waals surface area contributed by atoms with Crippen LogP contribution in [-0.2, 0) is 4.74 Å². The molecule has 1 amide bonds. The summed E-state index contributed by atoms with van der Waals surface area (Å²) in [4.78, 5) is 32.8. The summed E-state index contributed by atoms with van der Waals surface area (Å²) in [7, 11) is 0. The van der Waals surface area contributed by atoms with Crippen LogP contribution >= 0.6 is 0 Å². The van der Waals surface area contributed by atoms with Gasteiger partial charge in [0.15, 0.2) is 17.3 Å². The fourth-order valence-electron chi connectivity index (χ4n) is 5.93. The number of carbonyl (C=O) groups is 1. The molecule has 1 aromatic carbocycles. The Hall–Kier alpha value is -4.87. The summed E-state index contributed by atoms with van der Waals surface area (Å²) in [5.74, 6) is 1.03. The van der Waals surface area contributed by atoms with E-state index in [2.05, 4.69) is 25.4 Å². The monoisotopic (exact) mass is 596 g/mol. The third-order valence-corrected chi connectivity index (χ3v) is 8.33.